The maximum Gasteiger partial charge on any atom is 0.278 e. The van der Waals surface area contributed by atoms with E-state index in [-0.39, 0.29) is 17.1 Å². The van der Waals surface area contributed by atoms with Gasteiger partial charge in [-0.3, -0.25) is 4.79 Å². The normalized spacial score (nSPS) is 10.7. The van der Waals surface area contributed by atoms with Gasteiger partial charge in [-0.05, 0) is 17.7 Å². The molecule has 6 heteroatoms. The molecule has 2 rings (SSSR count). The number of hydrogen-bond donors (Lipinski definition) is 2. The molecule has 0 bridgehead atoms. The molecule has 2 aromatic rings. The van der Waals surface area contributed by atoms with E-state index >= 15 is 0 Å². The Balaban J connectivity index is 2.33. The lowest BCUT2D eigenvalue weighted by Crippen LogP contribution is -2.08. The number of nitrogens with zero attached hydrogens (tertiary/aromatic N) is 2. The van der Waals surface area contributed by atoms with Gasteiger partial charge in [0.2, 0.25) is 0 Å². The molecule has 0 aliphatic rings. The summed E-state index contributed by atoms with van der Waals surface area (Å²) >= 11 is 0. The molecule has 0 radical (unpaired) electrons. The van der Waals surface area contributed by atoms with Crippen LogP contribution in [0.5, 0.6) is 5.75 Å². The van der Waals surface area contributed by atoms with Gasteiger partial charge in [-0.2, -0.15) is 0 Å². The topological polar surface area (TPSA) is 93.4 Å². The number of nitrogens with one attached hydrogen (secondary N) is 1. The van der Waals surface area contributed by atoms with Crippen LogP contribution in [0.15, 0.2) is 40.4 Å². The molecule has 0 saturated heterocycles. The Morgan fingerprint density at radius 3 is 3.06 bits per heavy atom. The average Bonchev–Trinajstić information content (AvgIpc) is 2.38. The summed E-state index contributed by atoms with van der Waals surface area (Å²) < 4.78 is 5.09. The van der Waals surface area contributed by atoms with E-state index < -0.39 is 0 Å². The van der Waals surface area contributed by atoms with Gasteiger partial charge in [-0.1, -0.05) is 12.1 Å². The van der Waals surface area contributed by atoms with Crippen molar-refractivity contribution in [2.45, 2.75) is 0 Å². The number of aromatic nitrogens is 2. The van der Waals surface area contributed by atoms with Crippen molar-refractivity contribution in [3.8, 4) is 5.75 Å². The summed E-state index contributed by atoms with van der Waals surface area (Å²) in [7, 11) is 1.58. The average molecular weight is 244 g/mol. The molecule has 0 aliphatic heterocycles. The lowest BCUT2D eigenvalue weighted by atomic mass is 10.2. The molecule has 0 amide bonds. The first-order chi connectivity index (χ1) is 8.70. The number of nitrogens with two attached hydrogens (primary N) is 1. The third kappa shape index (κ3) is 2.54. The Bertz CT molecular complexity index is 634. The number of H-pyrrole nitrogens is 1. The van der Waals surface area contributed by atoms with Crippen LogP contribution in [0.4, 0.5) is 11.5 Å². The molecular formula is C12H12N4O2. The molecule has 18 heavy (non-hydrogen) atoms. The summed E-state index contributed by atoms with van der Waals surface area (Å²) in [6.45, 7) is 0. The lowest BCUT2D eigenvalue weighted by Gasteiger charge is -2.00. The molecule has 0 spiro atoms. The van der Waals surface area contributed by atoms with Crippen LogP contribution in [-0.4, -0.2) is 23.3 Å². The molecule has 92 valence electrons. The molecule has 1 aromatic heterocycles. The number of anilines is 1. The first kappa shape index (κ1) is 11.8. The van der Waals surface area contributed by atoms with Crippen molar-refractivity contribution in [2.24, 2.45) is 4.99 Å². The van der Waals surface area contributed by atoms with Crippen LogP contribution in [0, 0.1) is 0 Å². The Kier molecular flexibility index (Phi) is 3.38. The fourth-order valence-corrected chi connectivity index (χ4v) is 1.39. The van der Waals surface area contributed by atoms with Gasteiger partial charge in [0, 0.05) is 6.21 Å². The molecule has 0 saturated carbocycles. The van der Waals surface area contributed by atoms with E-state index in [4.69, 9.17) is 10.5 Å². The van der Waals surface area contributed by atoms with Crippen molar-refractivity contribution in [2.75, 3.05) is 12.8 Å². The zero-order valence-electron chi connectivity index (χ0n) is 9.75. The third-order valence-corrected chi connectivity index (χ3v) is 2.29. The van der Waals surface area contributed by atoms with Gasteiger partial charge in [0.05, 0.1) is 13.4 Å². The van der Waals surface area contributed by atoms with Crippen molar-refractivity contribution in [1.82, 2.24) is 9.97 Å². The van der Waals surface area contributed by atoms with Crippen LogP contribution in [-0.2, 0) is 0 Å². The number of ether oxygens (including phenoxy) is 1. The van der Waals surface area contributed by atoms with Crippen molar-refractivity contribution in [3.63, 3.8) is 0 Å². The van der Waals surface area contributed by atoms with Gasteiger partial charge in [0.25, 0.3) is 5.56 Å². The molecule has 0 fully saturated rings. The molecule has 1 heterocycles. The number of methoxy groups -OCH3 is 1. The number of rotatable bonds is 3. The van der Waals surface area contributed by atoms with Crippen molar-refractivity contribution < 1.29 is 4.74 Å². The zero-order chi connectivity index (χ0) is 13.0. The monoisotopic (exact) mass is 244 g/mol. The van der Waals surface area contributed by atoms with E-state index in [1.54, 1.807) is 13.2 Å². The Labute approximate surface area is 103 Å². The van der Waals surface area contributed by atoms with E-state index in [0.29, 0.717) is 5.75 Å². The summed E-state index contributed by atoms with van der Waals surface area (Å²) in [5, 5.41) is 0. The van der Waals surface area contributed by atoms with Crippen LogP contribution in [0.3, 0.4) is 0 Å². The van der Waals surface area contributed by atoms with Crippen LogP contribution in [0.1, 0.15) is 5.56 Å². The number of nitrogen functional groups attached to an aromatic ring is 1. The Morgan fingerprint density at radius 1 is 1.50 bits per heavy atom. The Morgan fingerprint density at radius 2 is 2.33 bits per heavy atom. The van der Waals surface area contributed by atoms with E-state index in [0.717, 1.165) is 5.56 Å². The SMILES string of the molecule is COc1cccc(C=Nc2c(N)nc[nH]c2=O)c1. The molecule has 6 nitrogen and oxygen atoms in total. The lowest BCUT2D eigenvalue weighted by molar-refractivity contribution is 0.415. The van der Waals surface area contributed by atoms with Gasteiger partial charge < -0.3 is 15.5 Å². The summed E-state index contributed by atoms with van der Waals surface area (Å²) in [6.07, 6.45) is 2.77. The largest absolute Gasteiger partial charge is 0.497 e. The number of benzene rings is 1. The fourth-order valence-electron chi connectivity index (χ4n) is 1.39. The van der Waals surface area contributed by atoms with Gasteiger partial charge in [-0.15, -0.1) is 0 Å². The summed E-state index contributed by atoms with van der Waals surface area (Å²) in [5.74, 6) is 0.810. The van der Waals surface area contributed by atoms with Crippen LogP contribution < -0.4 is 16.0 Å². The van der Waals surface area contributed by atoms with E-state index in [2.05, 4.69) is 15.0 Å². The first-order valence-electron chi connectivity index (χ1n) is 5.22. The highest BCUT2D eigenvalue weighted by Crippen LogP contribution is 2.14. The fraction of sp³-hybridized carbons (Fsp3) is 0.0833. The summed E-state index contributed by atoms with van der Waals surface area (Å²) in [5.41, 5.74) is 6.10. The van der Waals surface area contributed by atoms with Crippen molar-refractivity contribution in [1.29, 1.82) is 0 Å². The second kappa shape index (κ2) is 5.13. The van der Waals surface area contributed by atoms with Gasteiger partial charge in [0.15, 0.2) is 11.5 Å². The van der Waals surface area contributed by atoms with E-state index in [9.17, 15) is 4.79 Å². The number of aliphatic imine (C=N–C) groups is 1. The summed E-state index contributed by atoms with van der Waals surface area (Å²) in [6, 6.07) is 7.29. The highest BCUT2D eigenvalue weighted by Gasteiger charge is 2.02. The quantitative estimate of drug-likeness (QED) is 0.791. The molecule has 0 aliphatic carbocycles. The standard InChI is InChI=1S/C12H12N4O2/c1-18-9-4-2-3-8(5-9)6-14-10-11(13)15-7-16-12(10)17/h2-7H,1H3,(H3,13,15,16,17). The Hall–Kier alpha value is -2.63. The first-order valence-corrected chi connectivity index (χ1v) is 5.22. The molecule has 1 aromatic carbocycles. The zero-order valence-corrected chi connectivity index (χ0v) is 9.75. The summed E-state index contributed by atoms with van der Waals surface area (Å²) in [4.78, 5) is 21.7. The van der Waals surface area contributed by atoms with Crippen LogP contribution in [0.2, 0.25) is 0 Å². The number of hydrogen-bond acceptors (Lipinski definition) is 5. The van der Waals surface area contributed by atoms with E-state index in [1.807, 2.05) is 18.2 Å². The molecule has 0 atom stereocenters. The van der Waals surface area contributed by atoms with E-state index in [1.165, 1.54) is 12.5 Å². The smallest absolute Gasteiger partial charge is 0.278 e. The molecule has 3 N–H and O–H groups in total. The maximum atomic E-state index is 11.5. The third-order valence-electron chi connectivity index (χ3n) is 2.29. The van der Waals surface area contributed by atoms with Crippen LogP contribution >= 0.6 is 0 Å². The maximum absolute atomic E-state index is 11.5. The van der Waals surface area contributed by atoms with Crippen molar-refractivity contribution >= 4 is 17.7 Å². The van der Waals surface area contributed by atoms with Gasteiger partial charge in [-0.25, -0.2) is 9.98 Å². The molecule has 0 unspecified atom stereocenters. The second-order valence-corrected chi connectivity index (χ2v) is 3.50. The predicted molar refractivity (Wildman–Crippen MR) is 69.5 cm³/mol. The minimum atomic E-state index is -0.373. The van der Waals surface area contributed by atoms with Crippen LogP contribution in [0.25, 0.3) is 0 Å². The highest BCUT2D eigenvalue weighted by molar-refractivity contribution is 5.83. The second-order valence-electron chi connectivity index (χ2n) is 3.50. The van der Waals surface area contributed by atoms with Crippen molar-refractivity contribution in [3.05, 3.63) is 46.5 Å². The number of aromatic amines is 1. The highest BCUT2D eigenvalue weighted by atomic mass is 16.5. The molecular weight excluding hydrogens is 232 g/mol. The minimum Gasteiger partial charge on any atom is -0.497 e. The van der Waals surface area contributed by atoms with Gasteiger partial charge in [0.1, 0.15) is 5.75 Å². The predicted octanol–water partition coefficient (Wildman–Crippen LogP) is 1.11. The minimum absolute atomic E-state index is 0.0953. The van der Waals surface area contributed by atoms with Gasteiger partial charge >= 0.3 is 0 Å².